The molecule has 0 aromatic heterocycles. The van der Waals surface area contributed by atoms with E-state index in [1.807, 2.05) is 0 Å². The second-order valence-electron chi connectivity index (χ2n) is 4.52. The van der Waals surface area contributed by atoms with Gasteiger partial charge in [0.1, 0.15) is 0 Å². The molecule has 0 aliphatic carbocycles. The van der Waals surface area contributed by atoms with Crippen molar-refractivity contribution >= 4 is 0 Å². The standard InChI is InChI=1S/C15H26N2/c1-4-13-7-9-14(10-8-13)15(16)11-12-17(5-2)6-3/h7-10,15H,4-6,11-12,16H2,1-3H3. The monoisotopic (exact) mass is 234 g/mol. The number of benzene rings is 1. The minimum absolute atomic E-state index is 0.168. The Labute approximate surface area is 106 Å². The molecule has 0 bridgehead atoms. The first kappa shape index (κ1) is 14.2. The first-order chi connectivity index (χ1) is 8.21. The van der Waals surface area contributed by atoms with Gasteiger partial charge >= 0.3 is 0 Å². The smallest absolute Gasteiger partial charge is 0.0307 e. The lowest BCUT2D eigenvalue weighted by atomic mass is 10.0. The first-order valence-electron chi connectivity index (χ1n) is 6.78. The van der Waals surface area contributed by atoms with Crippen LogP contribution in [0.25, 0.3) is 0 Å². The Kier molecular flexibility index (Phi) is 6.23. The summed E-state index contributed by atoms with van der Waals surface area (Å²) in [4.78, 5) is 2.42. The average Bonchev–Trinajstić information content (AvgIpc) is 2.39. The highest BCUT2D eigenvalue weighted by Gasteiger charge is 2.07. The molecule has 1 unspecified atom stereocenters. The third-order valence-corrected chi connectivity index (χ3v) is 3.47. The van der Waals surface area contributed by atoms with E-state index < -0.39 is 0 Å². The Bertz CT molecular complexity index is 301. The molecule has 2 heteroatoms. The van der Waals surface area contributed by atoms with Gasteiger partial charge in [0.05, 0.1) is 0 Å². The Balaban J connectivity index is 2.48. The summed E-state index contributed by atoms with van der Waals surface area (Å²) in [5.41, 5.74) is 8.86. The van der Waals surface area contributed by atoms with E-state index in [0.29, 0.717) is 0 Å². The molecule has 1 atom stereocenters. The third-order valence-electron chi connectivity index (χ3n) is 3.47. The van der Waals surface area contributed by atoms with Crippen molar-refractivity contribution < 1.29 is 0 Å². The zero-order valence-corrected chi connectivity index (χ0v) is 11.4. The lowest BCUT2D eigenvalue weighted by molar-refractivity contribution is 0.291. The van der Waals surface area contributed by atoms with Gasteiger partial charge in [-0.3, -0.25) is 0 Å². The van der Waals surface area contributed by atoms with Crippen LogP contribution >= 0.6 is 0 Å². The van der Waals surface area contributed by atoms with E-state index in [2.05, 4.69) is 49.9 Å². The maximum Gasteiger partial charge on any atom is 0.0307 e. The van der Waals surface area contributed by atoms with Gasteiger partial charge in [0.2, 0.25) is 0 Å². The summed E-state index contributed by atoms with van der Waals surface area (Å²) in [6.45, 7) is 9.88. The molecule has 0 spiro atoms. The van der Waals surface area contributed by atoms with Gasteiger partial charge in [0.15, 0.2) is 0 Å². The predicted molar refractivity (Wildman–Crippen MR) is 75.2 cm³/mol. The van der Waals surface area contributed by atoms with Crippen molar-refractivity contribution in [1.82, 2.24) is 4.90 Å². The maximum atomic E-state index is 6.22. The van der Waals surface area contributed by atoms with Gasteiger partial charge in [-0.2, -0.15) is 0 Å². The van der Waals surface area contributed by atoms with Crippen molar-refractivity contribution in [1.29, 1.82) is 0 Å². The highest BCUT2D eigenvalue weighted by Crippen LogP contribution is 2.15. The number of hydrogen-bond acceptors (Lipinski definition) is 2. The molecule has 0 fully saturated rings. The van der Waals surface area contributed by atoms with Gasteiger partial charge in [0, 0.05) is 6.04 Å². The Morgan fingerprint density at radius 3 is 2.12 bits per heavy atom. The van der Waals surface area contributed by atoms with Crippen LogP contribution in [0.4, 0.5) is 0 Å². The molecular weight excluding hydrogens is 208 g/mol. The van der Waals surface area contributed by atoms with Gasteiger partial charge in [-0.15, -0.1) is 0 Å². The molecule has 0 radical (unpaired) electrons. The summed E-state index contributed by atoms with van der Waals surface area (Å²) < 4.78 is 0. The zero-order valence-electron chi connectivity index (χ0n) is 11.4. The number of rotatable bonds is 7. The van der Waals surface area contributed by atoms with E-state index in [9.17, 15) is 0 Å². The average molecular weight is 234 g/mol. The third kappa shape index (κ3) is 4.49. The Morgan fingerprint density at radius 1 is 1.06 bits per heavy atom. The lowest BCUT2D eigenvalue weighted by Crippen LogP contribution is -2.27. The molecule has 2 nitrogen and oxygen atoms in total. The van der Waals surface area contributed by atoms with Crippen molar-refractivity contribution in [2.24, 2.45) is 5.73 Å². The van der Waals surface area contributed by atoms with Crippen LogP contribution in [-0.4, -0.2) is 24.5 Å². The SMILES string of the molecule is CCc1ccc(C(N)CCN(CC)CC)cc1. The van der Waals surface area contributed by atoms with E-state index in [1.54, 1.807) is 0 Å². The van der Waals surface area contributed by atoms with Gasteiger partial charge in [0.25, 0.3) is 0 Å². The molecule has 17 heavy (non-hydrogen) atoms. The van der Waals surface area contributed by atoms with Crippen molar-refractivity contribution in [3.05, 3.63) is 35.4 Å². The number of hydrogen-bond donors (Lipinski definition) is 1. The van der Waals surface area contributed by atoms with Crippen LogP contribution < -0.4 is 5.73 Å². The van der Waals surface area contributed by atoms with Gasteiger partial charge in [-0.1, -0.05) is 45.0 Å². The van der Waals surface area contributed by atoms with E-state index >= 15 is 0 Å². The van der Waals surface area contributed by atoms with Gasteiger partial charge in [-0.05, 0) is 43.6 Å². The fourth-order valence-corrected chi connectivity index (χ4v) is 2.03. The highest BCUT2D eigenvalue weighted by molar-refractivity contribution is 5.24. The molecular formula is C15H26N2. The first-order valence-corrected chi connectivity index (χ1v) is 6.78. The molecule has 0 saturated carbocycles. The molecule has 0 heterocycles. The minimum atomic E-state index is 0.168. The maximum absolute atomic E-state index is 6.22. The molecule has 2 N–H and O–H groups in total. The van der Waals surface area contributed by atoms with Crippen LogP contribution in [0.2, 0.25) is 0 Å². The lowest BCUT2D eigenvalue weighted by Gasteiger charge is -2.20. The van der Waals surface area contributed by atoms with Crippen molar-refractivity contribution in [3.63, 3.8) is 0 Å². The summed E-state index contributed by atoms with van der Waals surface area (Å²) >= 11 is 0. The van der Waals surface area contributed by atoms with E-state index in [4.69, 9.17) is 5.73 Å². The predicted octanol–water partition coefficient (Wildman–Crippen LogP) is 2.98. The summed E-state index contributed by atoms with van der Waals surface area (Å²) in [6.07, 6.45) is 2.13. The van der Waals surface area contributed by atoms with Crippen LogP contribution in [-0.2, 0) is 6.42 Å². The van der Waals surface area contributed by atoms with E-state index in [1.165, 1.54) is 11.1 Å². The second-order valence-corrected chi connectivity index (χ2v) is 4.52. The molecule has 1 aromatic rings. The zero-order chi connectivity index (χ0) is 12.7. The molecule has 0 amide bonds. The van der Waals surface area contributed by atoms with Crippen LogP contribution in [0.5, 0.6) is 0 Å². The fourth-order valence-electron chi connectivity index (χ4n) is 2.03. The molecule has 0 saturated heterocycles. The van der Waals surface area contributed by atoms with Crippen molar-refractivity contribution in [2.75, 3.05) is 19.6 Å². The van der Waals surface area contributed by atoms with Crippen LogP contribution in [0.3, 0.4) is 0 Å². The molecule has 96 valence electrons. The molecule has 1 aromatic carbocycles. The quantitative estimate of drug-likeness (QED) is 0.786. The topological polar surface area (TPSA) is 29.3 Å². The molecule has 1 rings (SSSR count). The fraction of sp³-hybridized carbons (Fsp3) is 0.600. The highest BCUT2D eigenvalue weighted by atomic mass is 15.1. The number of nitrogens with two attached hydrogens (primary N) is 1. The van der Waals surface area contributed by atoms with E-state index in [-0.39, 0.29) is 6.04 Å². The Morgan fingerprint density at radius 2 is 1.65 bits per heavy atom. The summed E-state index contributed by atoms with van der Waals surface area (Å²) in [6, 6.07) is 8.89. The van der Waals surface area contributed by atoms with Crippen molar-refractivity contribution in [3.8, 4) is 0 Å². The van der Waals surface area contributed by atoms with E-state index in [0.717, 1.165) is 32.5 Å². The minimum Gasteiger partial charge on any atom is -0.324 e. The Hall–Kier alpha value is -0.860. The molecule has 0 aliphatic rings. The summed E-state index contributed by atoms with van der Waals surface area (Å²) in [5.74, 6) is 0. The van der Waals surface area contributed by atoms with Gasteiger partial charge in [-0.25, -0.2) is 0 Å². The molecule has 0 aliphatic heterocycles. The largest absolute Gasteiger partial charge is 0.324 e. The van der Waals surface area contributed by atoms with Crippen LogP contribution in [0, 0.1) is 0 Å². The van der Waals surface area contributed by atoms with Crippen LogP contribution in [0.1, 0.15) is 44.4 Å². The van der Waals surface area contributed by atoms with Crippen LogP contribution in [0.15, 0.2) is 24.3 Å². The summed E-state index contributed by atoms with van der Waals surface area (Å²) in [7, 11) is 0. The second kappa shape index (κ2) is 7.46. The van der Waals surface area contributed by atoms with Gasteiger partial charge < -0.3 is 10.6 Å². The number of aryl methyl sites for hydroxylation is 1. The van der Waals surface area contributed by atoms with Crippen molar-refractivity contribution in [2.45, 2.75) is 39.7 Å². The number of nitrogens with zero attached hydrogens (tertiary/aromatic N) is 1. The normalized spacial score (nSPS) is 13.0. The summed E-state index contributed by atoms with van der Waals surface area (Å²) in [5, 5.41) is 0.